The Morgan fingerprint density at radius 3 is 2.53 bits per heavy atom. The predicted molar refractivity (Wildman–Crippen MR) is 65.4 cm³/mol. The summed E-state index contributed by atoms with van der Waals surface area (Å²) in [5.41, 5.74) is 10.8. The van der Waals surface area contributed by atoms with Gasteiger partial charge in [0, 0.05) is 21.8 Å². The molecule has 0 aliphatic heterocycles. The van der Waals surface area contributed by atoms with E-state index in [1.807, 2.05) is 32.9 Å². The molecule has 2 aromatic rings. The maximum Gasteiger partial charge on any atom is 0.0741 e. The van der Waals surface area contributed by atoms with Crippen LogP contribution >= 0.6 is 11.6 Å². The van der Waals surface area contributed by atoms with E-state index >= 15 is 0 Å². The van der Waals surface area contributed by atoms with Crippen LogP contribution in [0.2, 0.25) is 5.02 Å². The van der Waals surface area contributed by atoms with Gasteiger partial charge in [-0.1, -0.05) is 11.6 Å². The number of nitrogen functional groups attached to an aromatic ring is 1. The highest BCUT2D eigenvalue weighted by molar-refractivity contribution is 6.32. The van der Waals surface area contributed by atoms with Crippen molar-refractivity contribution in [2.24, 2.45) is 0 Å². The van der Waals surface area contributed by atoms with Gasteiger partial charge in [0.1, 0.15) is 0 Å². The lowest BCUT2D eigenvalue weighted by atomic mass is 10.1. The molecule has 0 amide bonds. The van der Waals surface area contributed by atoms with Crippen LogP contribution in [0, 0.1) is 20.8 Å². The first-order chi connectivity index (χ1) is 7.00. The predicted octanol–water partition coefficient (Wildman–Crippen LogP) is 3.40. The lowest BCUT2D eigenvalue weighted by Gasteiger charge is -2.09. The number of aromatic nitrogens is 1. The van der Waals surface area contributed by atoms with Crippen LogP contribution in [0.3, 0.4) is 0 Å². The highest BCUT2D eigenvalue weighted by Crippen LogP contribution is 2.29. The van der Waals surface area contributed by atoms with Gasteiger partial charge < -0.3 is 5.73 Å². The number of pyridine rings is 1. The molecule has 1 aromatic heterocycles. The van der Waals surface area contributed by atoms with E-state index in [-0.39, 0.29) is 0 Å². The van der Waals surface area contributed by atoms with Crippen molar-refractivity contribution in [3.8, 4) is 0 Å². The summed E-state index contributed by atoms with van der Waals surface area (Å²) >= 11 is 6.05. The number of anilines is 1. The average Bonchev–Trinajstić information content (AvgIpc) is 2.19. The van der Waals surface area contributed by atoms with Crippen molar-refractivity contribution in [2.75, 3.05) is 5.73 Å². The number of benzene rings is 1. The maximum absolute atomic E-state index is 6.05. The first-order valence-electron chi connectivity index (χ1n) is 4.83. The van der Waals surface area contributed by atoms with Crippen molar-refractivity contribution in [1.82, 2.24) is 4.98 Å². The van der Waals surface area contributed by atoms with E-state index in [1.54, 1.807) is 0 Å². The van der Waals surface area contributed by atoms with Crippen molar-refractivity contribution < 1.29 is 0 Å². The van der Waals surface area contributed by atoms with Gasteiger partial charge in [0.2, 0.25) is 0 Å². The summed E-state index contributed by atoms with van der Waals surface area (Å²) in [4.78, 5) is 4.47. The normalized spacial score (nSPS) is 10.9. The first-order valence-corrected chi connectivity index (χ1v) is 5.21. The molecule has 0 spiro atoms. The molecule has 0 atom stereocenters. The van der Waals surface area contributed by atoms with Crippen molar-refractivity contribution >= 4 is 28.2 Å². The van der Waals surface area contributed by atoms with Crippen LogP contribution in [0.4, 0.5) is 5.69 Å². The Morgan fingerprint density at radius 1 is 1.20 bits per heavy atom. The highest BCUT2D eigenvalue weighted by Gasteiger charge is 2.08. The zero-order chi connectivity index (χ0) is 11.2. The standard InChI is InChI=1S/C12H13ClN2/c1-6-4-9-11(5-10(6)13)15-8(3)7(2)12(9)14/h4-5H,1-3H3,(H2,14,15). The summed E-state index contributed by atoms with van der Waals surface area (Å²) in [6, 6.07) is 3.86. The van der Waals surface area contributed by atoms with Crippen molar-refractivity contribution in [2.45, 2.75) is 20.8 Å². The van der Waals surface area contributed by atoms with Gasteiger partial charge in [-0.3, -0.25) is 4.98 Å². The topological polar surface area (TPSA) is 38.9 Å². The van der Waals surface area contributed by atoms with Gasteiger partial charge in [-0.2, -0.15) is 0 Å². The summed E-state index contributed by atoms with van der Waals surface area (Å²) in [7, 11) is 0. The van der Waals surface area contributed by atoms with Crippen LogP contribution in [0.1, 0.15) is 16.8 Å². The molecule has 15 heavy (non-hydrogen) atoms. The molecule has 0 radical (unpaired) electrons. The molecule has 0 unspecified atom stereocenters. The quantitative estimate of drug-likeness (QED) is 0.739. The zero-order valence-electron chi connectivity index (χ0n) is 9.06. The minimum absolute atomic E-state index is 0.734. The number of hydrogen-bond acceptors (Lipinski definition) is 2. The van der Waals surface area contributed by atoms with E-state index in [2.05, 4.69) is 4.98 Å². The number of fused-ring (bicyclic) bond motifs is 1. The summed E-state index contributed by atoms with van der Waals surface area (Å²) in [6.45, 7) is 5.91. The molecule has 3 heteroatoms. The number of rotatable bonds is 0. The summed E-state index contributed by atoms with van der Waals surface area (Å²) in [5, 5.41) is 1.72. The molecule has 0 aliphatic carbocycles. The SMILES string of the molecule is Cc1cc2c(N)c(C)c(C)nc2cc1Cl. The van der Waals surface area contributed by atoms with Crippen molar-refractivity contribution in [1.29, 1.82) is 0 Å². The van der Waals surface area contributed by atoms with E-state index in [0.717, 1.165) is 38.4 Å². The summed E-state index contributed by atoms with van der Waals surface area (Å²) < 4.78 is 0. The van der Waals surface area contributed by atoms with E-state index in [9.17, 15) is 0 Å². The zero-order valence-corrected chi connectivity index (χ0v) is 9.81. The van der Waals surface area contributed by atoms with Crippen LogP contribution in [0.15, 0.2) is 12.1 Å². The Kier molecular flexibility index (Phi) is 2.31. The highest BCUT2D eigenvalue weighted by atomic mass is 35.5. The third-order valence-electron chi connectivity index (χ3n) is 2.80. The number of nitrogens with zero attached hydrogens (tertiary/aromatic N) is 1. The second kappa shape index (κ2) is 3.38. The molecule has 2 nitrogen and oxygen atoms in total. The molecular formula is C12H13ClN2. The van der Waals surface area contributed by atoms with E-state index in [1.165, 1.54) is 0 Å². The molecule has 2 rings (SSSR count). The van der Waals surface area contributed by atoms with Crippen molar-refractivity contribution in [3.05, 3.63) is 34.0 Å². The second-order valence-corrected chi connectivity index (χ2v) is 4.26. The third kappa shape index (κ3) is 1.55. The fourth-order valence-corrected chi connectivity index (χ4v) is 1.80. The van der Waals surface area contributed by atoms with Crippen LogP contribution < -0.4 is 5.73 Å². The number of nitrogens with two attached hydrogens (primary N) is 1. The van der Waals surface area contributed by atoms with E-state index in [0.29, 0.717) is 0 Å². The van der Waals surface area contributed by atoms with Crippen LogP contribution in [0.25, 0.3) is 10.9 Å². The third-order valence-corrected chi connectivity index (χ3v) is 3.21. The van der Waals surface area contributed by atoms with Gasteiger partial charge in [-0.25, -0.2) is 0 Å². The second-order valence-electron chi connectivity index (χ2n) is 3.85. The first kappa shape index (κ1) is 10.2. The fraction of sp³-hybridized carbons (Fsp3) is 0.250. The van der Waals surface area contributed by atoms with Gasteiger partial charge in [-0.15, -0.1) is 0 Å². The maximum atomic E-state index is 6.05. The molecular weight excluding hydrogens is 208 g/mol. The molecule has 0 aliphatic rings. The van der Waals surface area contributed by atoms with Gasteiger partial charge in [0.05, 0.1) is 5.52 Å². The van der Waals surface area contributed by atoms with Gasteiger partial charge in [-0.05, 0) is 44.0 Å². The number of halogens is 1. The summed E-state index contributed by atoms with van der Waals surface area (Å²) in [5.74, 6) is 0. The number of aryl methyl sites for hydroxylation is 2. The lowest BCUT2D eigenvalue weighted by Crippen LogP contribution is -1.98. The fourth-order valence-electron chi connectivity index (χ4n) is 1.64. The van der Waals surface area contributed by atoms with Crippen LogP contribution in [-0.4, -0.2) is 4.98 Å². The summed E-state index contributed by atoms with van der Waals surface area (Å²) in [6.07, 6.45) is 0. The largest absolute Gasteiger partial charge is 0.398 e. The number of hydrogen-bond donors (Lipinski definition) is 1. The lowest BCUT2D eigenvalue weighted by molar-refractivity contribution is 1.20. The molecule has 0 saturated heterocycles. The Bertz CT molecular complexity index is 542. The Labute approximate surface area is 94.1 Å². The molecule has 1 aromatic carbocycles. The molecule has 78 valence electrons. The Morgan fingerprint density at radius 2 is 1.87 bits per heavy atom. The van der Waals surface area contributed by atoms with Crippen LogP contribution in [-0.2, 0) is 0 Å². The minimum atomic E-state index is 0.734. The van der Waals surface area contributed by atoms with Crippen LogP contribution in [0.5, 0.6) is 0 Å². The van der Waals surface area contributed by atoms with Gasteiger partial charge in [0.25, 0.3) is 0 Å². The molecule has 0 bridgehead atoms. The minimum Gasteiger partial charge on any atom is -0.398 e. The van der Waals surface area contributed by atoms with E-state index < -0.39 is 0 Å². The van der Waals surface area contributed by atoms with E-state index in [4.69, 9.17) is 17.3 Å². The molecule has 0 fully saturated rings. The smallest absolute Gasteiger partial charge is 0.0741 e. The van der Waals surface area contributed by atoms with Gasteiger partial charge in [0.15, 0.2) is 0 Å². The molecule has 1 heterocycles. The van der Waals surface area contributed by atoms with Gasteiger partial charge >= 0.3 is 0 Å². The monoisotopic (exact) mass is 220 g/mol. The van der Waals surface area contributed by atoms with Crippen molar-refractivity contribution in [3.63, 3.8) is 0 Å². The average molecular weight is 221 g/mol. The Hall–Kier alpha value is -1.28. The Balaban J connectivity index is 2.93. The molecule has 0 saturated carbocycles. The molecule has 2 N–H and O–H groups in total.